The predicted octanol–water partition coefficient (Wildman–Crippen LogP) is 5.33. The Kier molecular flexibility index (Phi) is 5.16. The van der Waals surface area contributed by atoms with Gasteiger partial charge in [-0.3, -0.25) is 0 Å². The first-order chi connectivity index (χ1) is 12.5. The molecule has 0 radical (unpaired) electrons. The summed E-state index contributed by atoms with van der Waals surface area (Å²) in [5, 5.41) is 15.7. The second-order valence-electron chi connectivity index (χ2n) is 10.0. The molecule has 5 heteroatoms. The first kappa shape index (κ1) is 20.6. The molecule has 1 aromatic rings. The normalized spacial score (nSPS) is 29.9. The average molecular weight is 393 g/mol. The Hall–Kier alpha value is -1.10. The Morgan fingerprint density at radius 3 is 2.11 bits per heavy atom. The average Bonchev–Trinajstić information content (AvgIpc) is 2.77. The largest absolute Gasteiger partial charge is 0.621 e. The van der Waals surface area contributed by atoms with Crippen LogP contribution in [0.1, 0.15) is 72.8 Å². The molecule has 1 atom stereocenters. The van der Waals surface area contributed by atoms with E-state index >= 15 is 0 Å². The lowest BCUT2D eigenvalue weighted by atomic mass is 9.80. The molecule has 0 N–H and O–H groups in total. The number of rotatable bonds is 4. The number of hydrogen-bond acceptors (Lipinski definition) is 3. The molecule has 0 spiro atoms. The Morgan fingerprint density at radius 1 is 1.04 bits per heavy atom. The molecule has 1 saturated heterocycles. The van der Waals surface area contributed by atoms with E-state index in [9.17, 15) is 5.21 Å². The standard InChI is InChI=1S/C22H33ClN2O2/c1-19(2)15-22(16-23,24(26)18(19)17-11-8-7-9-12-17)27-25-20(3,4)13-10-14-21(25,5)6/h7-9,11-12H,10,13-16H2,1-6H3. The maximum atomic E-state index is 13.6. The van der Waals surface area contributed by atoms with Gasteiger partial charge in [-0.15, -0.1) is 11.6 Å². The van der Waals surface area contributed by atoms with E-state index in [1.165, 1.54) is 0 Å². The van der Waals surface area contributed by atoms with Crippen LogP contribution in [0.5, 0.6) is 0 Å². The van der Waals surface area contributed by atoms with E-state index in [0.29, 0.717) is 6.42 Å². The maximum Gasteiger partial charge on any atom is 0.308 e. The highest BCUT2D eigenvalue weighted by Crippen LogP contribution is 2.46. The van der Waals surface area contributed by atoms with Gasteiger partial charge < -0.3 is 5.21 Å². The van der Waals surface area contributed by atoms with Gasteiger partial charge in [-0.2, -0.15) is 9.80 Å². The van der Waals surface area contributed by atoms with Gasteiger partial charge in [0.15, 0.2) is 0 Å². The molecule has 0 amide bonds. The number of alkyl halides is 1. The van der Waals surface area contributed by atoms with Crippen LogP contribution in [-0.4, -0.2) is 38.2 Å². The lowest BCUT2D eigenvalue weighted by Gasteiger charge is -2.52. The van der Waals surface area contributed by atoms with E-state index in [2.05, 4.69) is 46.6 Å². The van der Waals surface area contributed by atoms with Crippen molar-refractivity contribution in [3.05, 3.63) is 41.1 Å². The van der Waals surface area contributed by atoms with Crippen molar-refractivity contribution in [2.24, 2.45) is 5.41 Å². The minimum absolute atomic E-state index is 0.124. The summed E-state index contributed by atoms with van der Waals surface area (Å²) in [5.41, 5.74) is -0.0473. The summed E-state index contributed by atoms with van der Waals surface area (Å²) in [6, 6.07) is 9.86. The monoisotopic (exact) mass is 392 g/mol. The fraction of sp³-hybridized carbons (Fsp3) is 0.682. The molecule has 4 nitrogen and oxygen atoms in total. The number of piperidine rings is 1. The van der Waals surface area contributed by atoms with Crippen molar-refractivity contribution in [2.45, 2.75) is 84.0 Å². The molecule has 2 heterocycles. The molecule has 1 aromatic carbocycles. The van der Waals surface area contributed by atoms with Crippen LogP contribution in [0.25, 0.3) is 0 Å². The van der Waals surface area contributed by atoms with Crippen molar-refractivity contribution < 1.29 is 9.58 Å². The summed E-state index contributed by atoms with van der Waals surface area (Å²) < 4.78 is 1.05. The summed E-state index contributed by atoms with van der Waals surface area (Å²) in [5.74, 6) is 0.124. The lowest BCUT2D eigenvalue weighted by molar-refractivity contribution is -0.631. The van der Waals surface area contributed by atoms with Crippen molar-refractivity contribution >= 4 is 17.3 Å². The van der Waals surface area contributed by atoms with Crippen LogP contribution in [-0.2, 0) is 4.84 Å². The summed E-state index contributed by atoms with van der Waals surface area (Å²) in [7, 11) is 0. The number of nitrogens with zero attached hydrogens (tertiary/aromatic N) is 2. The van der Waals surface area contributed by atoms with Crippen LogP contribution in [0.2, 0.25) is 0 Å². The van der Waals surface area contributed by atoms with E-state index in [0.717, 1.165) is 35.3 Å². The van der Waals surface area contributed by atoms with E-state index in [1.54, 1.807) is 0 Å². The fourth-order valence-electron chi connectivity index (χ4n) is 5.02. The van der Waals surface area contributed by atoms with Gasteiger partial charge in [0.2, 0.25) is 5.71 Å². The molecule has 3 rings (SSSR count). The molecule has 27 heavy (non-hydrogen) atoms. The quantitative estimate of drug-likeness (QED) is 0.395. The minimum Gasteiger partial charge on any atom is -0.621 e. The third-order valence-corrected chi connectivity index (χ3v) is 6.54. The van der Waals surface area contributed by atoms with E-state index < -0.39 is 5.72 Å². The fourth-order valence-corrected chi connectivity index (χ4v) is 5.27. The van der Waals surface area contributed by atoms with Gasteiger partial charge in [0.1, 0.15) is 5.88 Å². The molecule has 0 saturated carbocycles. The van der Waals surface area contributed by atoms with Gasteiger partial charge in [0.05, 0.1) is 11.8 Å². The predicted molar refractivity (Wildman–Crippen MR) is 111 cm³/mol. The molecular formula is C22H33ClN2O2. The second-order valence-corrected chi connectivity index (χ2v) is 10.3. The lowest BCUT2D eigenvalue weighted by Crippen LogP contribution is -2.63. The molecular weight excluding hydrogens is 360 g/mol. The Morgan fingerprint density at radius 2 is 1.59 bits per heavy atom. The number of hydroxylamine groups is 3. The zero-order valence-corrected chi connectivity index (χ0v) is 18.3. The smallest absolute Gasteiger partial charge is 0.308 e. The molecule has 1 fully saturated rings. The van der Waals surface area contributed by atoms with Crippen LogP contribution < -0.4 is 0 Å². The van der Waals surface area contributed by atoms with E-state index in [-0.39, 0.29) is 22.4 Å². The third kappa shape index (κ3) is 3.52. The number of hydrogen-bond donors (Lipinski definition) is 0. The topological polar surface area (TPSA) is 38.5 Å². The van der Waals surface area contributed by atoms with Crippen molar-refractivity contribution in [1.82, 2.24) is 5.06 Å². The summed E-state index contributed by atoms with van der Waals surface area (Å²) >= 11 is 6.44. The van der Waals surface area contributed by atoms with E-state index in [1.807, 2.05) is 30.3 Å². The van der Waals surface area contributed by atoms with Crippen molar-refractivity contribution in [1.29, 1.82) is 0 Å². The van der Waals surface area contributed by atoms with Gasteiger partial charge >= 0.3 is 5.72 Å². The molecule has 2 aliphatic rings. The highest BCUT2D eigenvalue weighted by atomic mass is 35.5. The van der Waals surface area contributed by atoms with Crippen LogP contribution >= 0.6 is 11.6 Å². The zero-order chi connectivity index (χ0) is 20.1. The van der Waals surface area contributed by atoms with Gasteiger partial charge in [0.25, 0.3) is 0 Å². The van der Waals surface area contributed by atoms with Crippen LogP contribution in [0.15, 0.2) is 30.3 Å². The van der Waals surface area contributed by atoms with Gasteiger partial charge in [-0.05, 0) is 72.9 Å². The number of benzene rings is 1. The van der Waals surface area contributed by atoms with Crippen LogP contribution in [0.3, 0.4) is 0 Å². The van der Waals surface area contributed by atoms with E-state index in [4.69, 9.17) is 16.4 Å². The first-order valence-electron chi connectivity index (χ1n) is 9.91. The Labute approximate surface area is 168 Å². The molecule has 0 aliphatic carbocycles. The molecule has 0 aromatic heterocycles. The maximum absolute atomic E-state index is 13.6. The minimum atomic E-state index is -1.10. The van der Waals surface area contributed by atoms with Gasteiger partial charge in [-0.25, -0.2) is 4.84 Å². The first-order valence-corrected chi connectivity index (χ1v) is 10.4. The van der Waals surface area contributed by atoms with Crippen molar-refractivity contribution in [3.8, 4) is 0 Å². The van der Waals surface area contributed by atoms with Crippen LogP contribution in [0.4, 0.5) is 0 Å². The molecule has 150 valence electrons. The number of halogens is 1. The van der Waals surface area contributed by atoms with Gasteiger partial charge in [-0.1, -0.05) is 18.2 Å². The summed E-state index contributed by atoms with van der Waals surface area (Å²) in [6.07, 6.45) is 3.78. The third-order valence-electron chi connectivity index (χ3n) is 6.13. The second kappa shape index (κ2) is 6.75. The molecule has 2 aliphatic heterocycles. The van der Waals surface area contributed by atoms with Gasteiger partial charge in [0, 0.05) is 16.6 Å². The molecule has 0 bridgehead atoms. The van der Waals surface area contributed by atoms with Crippen molar-refractivity contribution in [3.63, 3.8) is 0 Å². The molecule has 1 unspecified atom stereocenters. The highest BCUT2D eigenvalue weighted by Gasteiger charge is 2.60. The Bertz CT molecular complexity index is 711. The highest BCUT2D eigenvalue weighted by molar-refractivity contribution is 6.18. The van der Waals surface area contributed by atoms with Crippen molar-refractivity contribution in [2.75, 3.05) is 5.88 Å². The summed E-state index contributed by atoms with van der Waals surface area (Å²) in [6.45, 7) is 13.0. The Balaban J connectivity index is 2.06. The SMILES string of the molecule is CC1(C)CC(CCl)(ON2C(C)(C)CCCC2(C)C)[N+]([O-])=C1c1ccccc1. The zero-order valence-electron chi connectivity index (χ0n) is 17.5. The summed E-state index contributed by atoms with van der Waals surface area (Å²) in [4.78, 5) is 6.61. The van der Waals surface area contributed by atoms with Crippen LogP contribution in [0, 0.1) is 10.6 Å².